The highest BCUT2D eigenvalue weighted by Gasteiger charge is 2.53. The van der Waals surface area contributed by atoms with Gasteiger partial charge in [0.2, 0.25) is 5.89 Å². The van der Waals surface area contributed by atoms with Crippen LogP contribution in [0.15, 0.2) is 114 Å². The Hall–Kier alpha value is -2.37. The second kappa shape index (κ2) is 12.4. The lowest BCUT2D eigenvalue weighted by Crippen LogP contribution is -3.00. The van der Waals surface area contributed by atoms with Gasteiger partial charge in [0.15, 0.2) is 7.26 Å². The van der Waals surface area contributed by atoms with Crippen molar-refractivity contribution in [2.45, 2.75) is 19.3 Å². The van der Waals surface area contributed by atoms with Gasteiger partial charge >= 0.3 is 0 Å². The van der Waals surface area contributed by atoms with Gasteiger partial charge in [0, 0.05) is 18.1 Å². The SMILES string of the molecule is Clc1ccc(-c2nc([P+](c3ccccc3)(c3ccccc3)c3ccccc3)c(N3CCCCC3)o2)c(Cl)c1.[I-]. The number of benzene rings is 4. The average Bonchev–Trinajstić information content (AvgIpc) is 3.41. The van der Waals surface area contributed by atoms with Gasteiger partial charge < -0.3 is 33.3 Å². The lowest BCUT2D eigenvalue weighted by molar-refractivity contribution is -0.00000773. The van der Waals surface area contributed by atoms with Gasteiger partial charge in [0.05, 0.1) is 10.6 Å². The van der Waals surface area contributed by atoms with Gasteiger partial charge in [0.1, 0.15) is 15.9 Å². The zero-order valence-corrected chi connectivity index (χ0v) is 25.9. The first kappa shape index (κ1) is 28.2. The van der Waals surface area contributed by atoms with Crippen molar-refractivity contribution in [1.82, 2.24) is 4.98 Å². The van der Waals surface area contributed by atoms with Crippen LogP contribution >= 0.6 is 30.5 Å². The summed E-state index contributed by atoms with van der Waals surface area (Å²) in [6, 6.07) is 37.8. The summed E-state index contributed by atoms with van der Waals surface area (Å²) in [5.74, 6) is 1.37. The molecule has 1 fully saturated rings. The molecule has 0 N–H and O–H groups in total. The van der Waals surface area contributed by atoms with Crippen molar-refractivity contribution in [3.05, 3.63) is 119 Å². The van der Waals surface area contributed by atoms with Crippen LogP contribution in [0.3, 0.4) is 0 Å². The number of hydrogen-bond acceptors (Lipinski definition) is 3. The number of aromatic nitrogens is 1. The molecule has 2 heterocycles. The van der Waals surface area contributed by atoms with Crippen LogP contribution in [0.2, 0.25) is 10.0 Å². The Labute approximate surface area is 257 Å². The van der Waals surface area contributed by atoms with Crippen molar-refractivity contribution in [3.8, 4) is 11.5 Å². The summed E-state index contributed by atoms with van der Waals surface area (Å²) in [4.78, 5) is 7.74. The van der Waals surface area contributed by atoms with Crippen LogP contribution in [0.1, 0.15) is 19.3 Å². The lowest BCUT2D eigenvalue weighted by atomic mass is 10.1. The molecule has 5 aromatic rings. The second-order valence-corrected chi connectivity index (χ2v) is 13.7. The fourth-order valence-corrected chi connectivity index (χ4v) is 10.1. The third kappa shape index (κ3) is 5.37. The highest BCUT2D eigenvalue weighted by atomic mass is 127. The number of hydrogen-bond donors (Lipinski definition) is 0. The van der Waals surface area contributed by atoms with Crippen molar-refractivity contribution < 1.29 is 28.4 Å². The van der Waals surface area contributed by atoms with Crippen molar-refractivity contribution in [1.29, 1.82) is 0 Å². The number of oxazole rings is 1. The maximum atomic E-state index is 6.75. The zero-order valence-electron chi connectivity index (χ0n) is 21.3. The summed E-state index contributed by atoms with van der Waals surface area (Å²) in [7, 11) is -2.45. The number of anilines is 1. The zero-order chi connectivity index (χ0) is 26.0. The first-order chi connectivity index (χ1) is 18.7. The minimum atomic E-state index is -2.45. The monoisotopic (exact) mass is 684 g/mol. The minimum absolute atomic E-state index is 0. The van der Waals surface area contributed by atoms with Gasteiger partial charge in [-0.1, -0.05) is 77.8 Å². The third-order valence-electron chi connectivity index (χ3n) is 7.15. The Morgan fingerprint density at radius 2 is 1.18 bits per heavy atom. The summed E-state index contributed by atoms with van der Waals surface area (Å²) in [5, 5.41) is 4.81. The Morgan fingerprint density at radius 3 is 1.67 bits per heavy atom. The molecule has 1 aliphatic heterocycles. The van der Waals surface area contributed by atoms with E-state index in [4.69, 9.17) is 32.6 Å². The van der Waals surface area contributed by atoms with E-state index in [1.54, 1.807) is 6.07 Å². The molecule has 0 spiro atoms. The molecule has 39 heavy (non-hydrogen) atoms. The predicted octanol–water partition coefficient (Wildman–Crippen LogP) is 4.26. The molecule has 0 bridgehead atoms. The molecule has 0 amide bonds. The van der Waals surface area contributed by atoms with E-state index in [1.807, 2.05) is 12.1 Å². The molecule has 1 aromatic heterocycles. The molecule has 1 aliphatic rings. The number of nitrogens with zero attached hydrogens (tertiary/aromatic N) is 2. The summed E-state index contributed by atoms with van der Waals surface area (Å²) < 4.78 is 6.75. The number of halogens is 3. The molecule has 0 atom stereocenters. The molecule has 1 saturated heterocycles. The molecule has 0 unspecified atom stereocenters. The van der Waals surface area contributed by atoms with Gasteiger partial charge in [-0.3, -0.25) is 0 Å². The summed E-state index contributed by atoms with van der Waals surface area (Å²) in [6.45, 7) is 1.88. The minimum Gasteiger partial charge on any atom is -1.00 e. The molecule has 0 radical (unpaired) electrons. The standard InChI is InChI=1S/C32H28Cl2N2OP.HI/c33-24-19-20-28(29(34)23-24)30-35-31(32(37-30)36-21-11-4-12-22-36)38(25-13-5-1-6-14-25,26-15-7-2-8-16-26)27-17-9-3-10-18-27;/h1-3,5-10,13-20,23H,4,11-12,21-22H2;1H/q+1;/p-1. The third-order valence-corrected chi connectivity index (χ3v) is 11.8. The fraction of sp³-hybridized carbons (Fsp3) is 0.156. The molecule has 4 aromatic carbocycles. The molecule has 3 nitrogen and oxygen atoms in total. The van der Waals surface area contributed by atoms with E-state index in [9.17, 15) is 0 Å². The summed E-state index contributed by atoms with van der Waals surface area (Å²) in [5.41, 5.74) is 1.72. The Bertz CT molecular complexity index is 1430. The van der Waals surface area contributed by atoms with Gasteiger partial charge in [-0.25, -0.2) is 0 Å². The van der Waals surface area contributed by atoms with Crippen molar-refractivity contribution in [2.75, 3.05) is 18.0 Å². The van der Waals surface area contributed by atoms with E-state index in [0.29, 0.717) is 15.9 Å². The van der Waals surface area contributed by atoms with Gasteiger partial charge in [-0.15, -0.1) is 0 Å². The highest BCUT2D eigenvalue weighted by molar-refractivity contribution is 8.01. The van der Waals surface area contributed by atoms with Crippen LogP contribution in [0.25, 0.3) is 11.5 Å². The second-order valence-electron chi connectivity index (χ2n) is 9.50. The maximum Gasteiger partial charge on any atom is 0.262 e. The highest BCUT2D eigenvalue weighted by Crippen LogP contribution is 2.56. The molecule has 6 rings (SSSR count). The maximum absolute atomic E-state index is 6.75. The Balaban J connectivity index is 0.00000308. The quantitative estimate of drug-likeness (QED) is 0.198. The van der Waals surface area contributed by atoms with Crippen molar-refractivity contribution in [2.24, 2.45) is 0 Å². The largest absolute Gasteiger partial charge is 1.00 e. The van der Waals surface area contributed by atoms with Crippen LogP contribution in [0, 0.1) is 0 Å². The van der Waals surface area contributed by atoms with E-state index in [2.05, 4.69) is 95.9 Å². The van der Waals surface area contributed by atoms with E-state index < -0.39 is 7.26 Å². The Morgan fingerprint density at radius 1 is 0.667 bits per heavy atom. The van der Waals surface area contributed by atoms with Crippen molar-refractivity contribution >= 4 is 57.7 Å². The van der Waals surface area contributed by atoms with Gasteiger partial charge in [-0.05, 0) is 73.9 Å². The van der Waals surface area contributed by atoms with Gasteiger partial charge in [-0.2, -0.15) is 4.98 Å². The van der Waals surface area contributed by atoms with Crippen LogP contribution in [-0.2, 0) is 0 Å². The molecule has 198 valence electrons. The Kier molecular flexibility index (Phi) is 8.98. The van der Waals surface area contributed by atoms with E-state index in [0.717, 1.165) is 42.8 Å². The first-order valence-electron chi connectivity index (χ1n) is 13.0. The van der Waals surface area contributed by atoms with Crippen LogP contribution in [-0.4, -0.2) is 18.1 Å². The fourth-order valence-electron chi connectivity index (χ4n) is 5.37. The molecule has 0 aliphatic carbocycles. The van der Waals surface area contributed by atoms with E-state index >= 15 is 0 Å². The average molecular weight is 685 g/mol. The molecule has 0 saturated carbocycles. The van der Waals surface area contributed by atoms with Crippen molar-refractivity contribution in [3.63, 3.8) is 0 Å². The summed E-state index contributed by atoms with van der Waals surface area (Å²) in [6.07, 6.45) is 3.49. The molecular formula is C32H28Cl2IN2OP. The van der Waals surface area contributed by atoms with E-state index in [1.165, 1.54) is 22.3 Å². The van der Waals surface area contributed by atoms with Crippen LogP contribution in [0.5, 0.6) is 0 Å². The van der Waals surface area contributed by atoms with Crippen LogP contribution in [0.4, 0.5) is 5.88 Å². The van der Waals surface area contributed by atoms with E-state index in [-0.39, 0.29) is 24.0 Å². The summed E-state index contributed by atoms with van der Waals surface area (Å²) >= 11 is 12.9. The van der Waals surface area contributed by atoms with Gasteiger partial charge in [0.25, 0.3) is 11.3 Å². The number of piperidine rings is 1. The predicted molar refractivity (Wildman–Crippen MR) is 163 cm³/mol. The topological polar surface area (TPSA) is 29.3 Å². The smallest absolute Gasteiger partial charge is 0.262 e. The number of rotatable bonds is 6. The first-order valence-corrected chi connectivity index (χ1v) is 15.5. The molecular weight excluding hydrogens is 657 g/mol. The van der Waals surface area contributed by atoms with Crippen LogP contribution < -0.4 is 50.2 Å². The normalized spacial score (nSPS) is 13.6. The lowest BCUT2D eigenvalue weighted by Gasteiger charge is -2.30. The molecule has 7 heteroatoms.